The van der Waals surface area contributed by atoms with Crippen molar-refractivity contribution >= 4 is 69.1 Å². The number of imidazole rings is 1. The Morgan fingerprint density at radius 2 is 1.86 bits per heavy atom. The van der Waals surface area contributed by atoms with Crippen LogP contribution in [0.4, 0.5) is 0 Å². The van der Waals surface area contributed by atoms with Crippen LogP contribution in [0.1, 0.15) is 11.3 Å². The zero-order chi connectivity index (χ0) is 19.5. The molecular weight excluding hydrogens is 457 g/mol. The van der Waals surface area contributed by atoms with Gasteiger partial charge in [0.15, 0.2) is 4.96 Å². The fourth-order valence-corrected chi connectivity index (χ4v) is 4.74. The molecule has 4 nitrogen and oxygen atoms in total. The maximum absolute atomic E-state index is 6.16. The van der Waals surface area contributed by atoms with Crippen molar-refractivity contribution in [2.24, 2.45) is 5.16 Å². The van der Waals surface area contributed by atoms with Gasteiger partial charge in [-0.3, -0.25) is 4.40 Å². The van der Waals surface area contributed by atoms with Crippen molar-refractivity contribution in [3.05, 3.63) is 80.4 Å². The van der Waals surface area contributed by atoms with Crippen LogP contribution in [-0.2, 0) is 11.4 Å². The molecular formula is C19H12Cl3N3OS2. The van der Waals surface area contributed by atoms with Gasteiger partial charge >= 0.3 is 0 Å². The number of benzene rings is 2. The Balaban J connectivity index is 1.54. The van der Waals surface area contributed by atoms with Crippen LogP contribution in [0, 0.1) is 0 Å². The van der Waals surface area contributed by atoms with E-state index in [4.69, 9.17) is 39.6 Å². The highest BCUT2D eigenvalue weighted by atomic mass is 35.5. The normalized spacial score (nSPS) is 11.5. The van der Waals surface area contributed by atoms with Crippen LogP contribution in [0.15, 0.2) is 69.1 Å². The largest absolute Gasteiger partial charge is 0.391 e. The van der Waals surface area contributed by atoms with Gasteiger partial charge in [-0.2, -0.15) is 0 Å². The minimum Gasteiger partial charge on any atom is -0.391 e. The maximum Gasteiger partial charge on any atom is 0.195 e. The van der Waals surface area contributed by atoms with E-state index < -0.39 is 0 Å². The van der Waals surface area contributed by atoms with Gasteiger partial charge in [0.05, 0.1) is 6.21 Å². The average molecular weight is 469 g/mol. The van der Waals surface area contributed by atoms with E-state index in [1.165, 1.54) is 11.8 Å². The van der Waals surface area contributed by atoms with Crippen LogP contribution in [0.5, 0.6) is 0 Å². The molecule has 28 heavy (non-hydrogen) atoms. The SMILES string of the molecule is Clc1ccc(Sc2nc3sccn3c2/C=N\OCc2c(Cl)cccc2Cl)cc1. The zero-order valence-corrected chi connectivity index (χ0v) is 18.1. The van der Waals surface area contributed by atoms with Gasteiger partial charge in [-0.15, -0.1) is 11.3 Å². The first-order valence-electron chi connectivity index (χ1n) is 8.09. The topological polar surface area (TPSA) is 38.9 Å². The Bertz CT molecular complexity index is 1120. The molecule has 0 aliphatic rings. The van der Waals surface area contributed by atoms with Crippen LogP contribution < -0.4 is 0 Å². The van der Waals surface area contributed by atoms with Gasteiger partial charge in [0.1, 0.15) is 17.3 Å². The van der Waals surface area contributed by atoms with E-state index in [1.54, 1.807) is 35.8 Å². The van der Waals surface area contributed by atoms with Crippen molar-refractivity contribution in [1.29, 1.82) is 0 Å². The third-order valence-electron chi connectivity index (χ3n) is 3.81. The smallest absolute Gasteiger partial charge is 0.195 e. The molecule has 9 heteroatoms. The van der Waals surface area contributed by atoms with Crippen LogP contribution in [0.2, 0.25) is 15.1 Å². The maximum atomic E-state index is 6.16. The van der Waals surface area contributed by atoms with Gasteiger partial charge in [0, 0.05) is 37.1 Å². The summed E-state index contributed by atoms with van der Waals surface area (Å²) in [5.41, 5.74) is 1.54. The van der Waals surface area contributed by atoms with Crippen LogP contribution in [0.25, 0.3) is 4.96 Å². The second-order valence-corrected chi connectivity index (χ2v) is 8.81. The van der Waals surface area contributed by atoms with Crippen molar-refractivity contribution in [3.8, 4) is 0 Å². The molecule has 0 saturated carbocycles. The van der Waals surface area contributed by atoms with Crippen LogP contribution in [0.3, 0.4) is 0 Å². The van der Waals surface area contributed by atoms with E-state index in [1.807, 2.05) is 40.2 Å². The lowest BCUT2D eigenvalue weighted by molar-refractivity contribution is 0.132. The summed E-state index contributed by atoms with van der Waals surface area (Å²) in [5, 5.41) is 8.70. The first-order chi connectivity index (χ1) is 13.6. The highest BCUT2D eigenvalue weighted by Gasteiger charge is 2.13. The Morgan fingerprint density at radius 3 is 2.61 bits per heavy atom. The molecule has 0 amide bonds. The van der Waals surface area contributed by atoms with E-state index in [2.05, 4.69) is 10.1 Å². The van der Waals surface area contributed by atoms with Gasteiger partial charge < -0.3 is 4.84 Å². The molecule has 4 rings (SSSR count). The summed E-state index contributed by atoms with van der Waals surface area (Å²) >= 11 is 21.4. The number of thiazole rings is 1. The molecule has 0 saturated heterocycles. The summed E-state index contributed by atoms with van der Waals surface area (Å²) in [6.45, 7) is 0.181. The average Bonchev–Trinajstić information content (AvgIpc) is 3.24. The quantitative estimate of drug-likeness (QED) is 0.225. The molecule has 0 aliphatic heterocycles. The van der Waals surface area contributed by atoms with Gasteiger partial charge in [-0.1, -0.05) is 57.8 Å². The van der Waals surface area contributed by atoms with Gasteiger partial charge in [0.25, 0.3) is 0 Å². The molecule has 0 atom stereocenters. The molecule has 0 bridgehead atoms. The van der Waals surface area contributed by atoms with E-state index in [0.717, 1.165) is 20.6 Å². The molecule has 0 aliphatic carbocycles. The molecule has 2 heterocycles. The van der Waals surface area contributed by atoms with Gasteiger partial charge in [0.2, 0.25) is 0 Å². The predicted molar refractivity (Wildman–Crippen MR) is 117 cm³/mol. The Kier molecular flexibility index (Phi) is 6.13. The second-order valence-electron chi connectivity index (χ2n) is 5.62. The van der Waals surface area contributed by atoms with Crippen LogP contribution in [-0.4, -0.2) is 15.6 Å². The number of oxime groups is 1. The molecule has 2 aromatic heterocycles. The first-order valence-corrected chi connectivity index (χ1v) is 10.9. The minimum atomic E-state index is 0.181. The van der Waals surface area contributed by atoms with Crippen molar-refractivity contribution in [1.82, 2.24) is 9.38 Å². The van der Waals surface area contributed by atoms with Crippen molar-refractivity contribution in [2.75, 3.05) is 0 Å². The van der Waals surface area contributed by atoms with Crippen LogP contribution >= 0.6 is 57.9 Å². The third kappa shape index (κ3) is 4.31. The number of nitrogens with zero attached hydrogens (tertiary/aromatic N) is 3. The Hall–Kier alpha value is -1.70. The summed E-state index contributed by atoms with van der Waals surface area (Å²) in [6.07, 6.45) is 3.60. The standard InChI is InChI=1S/C19H12Cl3N3OS2/c20-12-4-6-13(7-5-12)28-18-17(25-8-9-27-19(25)24-18)10-23-26-11-14-15(21)2-1-3-16(14)22/h1-10H,11H2/b23-10-. The summed E-state index contributed by atoms with van der Waals surface area (Å²) < 4.78 is 1.97. The van der Waals surface area contributed by atoms with Gasteiger partial charge in [-0.05, 0) is 36.4 Å². The number of rotatable bonds is 6. The summed E-state index contributed by atoms with van der Waals surface area (Å²) in [7, 11) is 0. The lowest BCUT2D eigenvalue weighted by Gasteiger charge is -2.05. The summed E-state index contributed by atoms with van der Waals surface area (Å²) in [5.74, 6) is 0. The summed E-state index contributed by atoms with van der Waals surface area (Å²) in [6, 6.07) is 12.9. The van der Waals surface area contributed by atoms with E-state index in [0.29, 0.717) is 20.6 Å². The molecule has 2 aromatic carbocycles. The molecule has 4 aromatic rings. The first kappa shape index (κ1) is 19.6. The number of fused-ring (bicyclic) bond motifs is 1. The monoisotopic (exact) mass is 467 g/mol. The van der Waals surface area contributed by atoms with Crippen molar-refractivity contribution < 1.29 is 4.84 Å². The van der Waals surface area contributed by atoms with Crippen molar-refractivity contribution in [3.63, 3.8) is 0 Å². The fourth-order valence-electron chi connectivity index (χ4n) is 2.45. The van der Waals surface area contributed by atoms with E-state index in [9.17, 15) is 0 Å². The van der Waals surface area contributed by atoms with E-state index >= 15 is 0 Å². The molecule has 0 fully saturated rings. The number of aromatic nitrogens is 2. The molecule has 0 radical (unpaired) electrons. The number of hydrogen-bond donors (Lipinski definition) is 0. The van der Waals surface area contributed by atoms with Gasteiger partial charge in [-0.25, -0.2) is 4.98 Å². The highest BCUT2D eigenvalue weighted by molar-refractivity contribution is 7.99. The summed E-state index contributed by atoms with van der Waals surface area (Å²) in [4.78, 5) is 12.0. The molecule has 0 N–H and O–H groups in total. The minimum absolute atomic E-state index is 0.181. The molecule has 0 spiro atoms. The Morgan fingerprint density at radius 1 is 1.11 bits per heavy atom. The van der Waals surface area contributed by atoms with E-state index in [-0.39, 0.29) is 6.61 Å². The molecule has 0 unspecified atom stereocenters. The lowest BCUT2D eigenvalue weighted by Crippen LogP contribution is -1.94. The Labute approximate surface area is 184 Å². The second kappa shape index (κ2) is 8.76. The highest BCUT2D eigenvalue weighted by Crippen LogP contribution is 2.32. The number of hydrogen-bond acceptors (Lipinski definition) is 5. The predicted octanol–water partition coefficient (Wildman–Crippen LogP) is 7.06. The fraction of sp³-hybridized carbons (Fsp3) is 0.0526. The lowest BCUT2D eigenvalue weighted by atomic mass is 10.2. The van der Waals surface area contributed by atoms with Crippen molar-refractivity contribution in [2.45, 2.75) is 16.5 Å². The third-order valence-corrected chi connectivity index (χ3v) is 6.53. The molecule has 142 valence electrons. The number of halogens is 3. The zero-order valence-electron chi connectivity index (χ0n) is 14.2.